The van der Waals surface area contributed by atoms with Crippen molar-refractivity contribution in [2.45, 2.75) is 439 Å². The summed E-state index contributed by atoms with van der Waals surface area (Å²) >= 11 is 0. The Kier molecular flexibility index (Phi) is 68.8. The molecule has 2 aromatic carbocycles. The average Bonchev–Trinajstić information content (AvgIpc) is 2.01. The van der Waals surface area contributed by atoms with Crippen LogP contribution in [-0.2, 0) is 29.3 Å². The van der Waals surface area contributed by atoms with Gasteiger partial charge in [0.25, 0.3) is 0 Å². The minimum absolute atomic E-state index is 0. The van der Waals surface area contributed by atoms with E-state index in [0.717, 1.165) is 54.6 Å². The van der Waals surface area contributed by atoms with E-state index in [2.05, 4.69) is 103 Å². The molecule has 1 aliphatic rings. The van der Waals surface area contributed by atoms with Gasteiger partial charge in [0.1, 0.15) is 0 Å². The predicted molar refractivity (Wildman–Crippen MR) is 400 cm³/mol. The second-order valence-electron chi connectivity index (χ2n) is 27.8. The predicted octanol–water partition coefficient (Wildman–Crippen LogP) is 31.1. The normalized spacial score (nSPS) is 12.1. The van der Waals surface area contributed by atoms with Crippen molar-refractivity contribution in [2.75, 3.05) is 0 Å². The molecule has 0 bridgehead atoms. The van der Waals surface area contributed by atoms with Crippen LogP contribution in [0.15, 0.2) is 60.2 Å². The van der Waals surface area contributed by atoms with Crippen LogP contribution >= 0.6 is 0 Å². The number of nitrogens with zero attached hydrogens (tertiary/aromatic N) is 2. The fraction of sp³-hybridized carbons (Fsp3) is 0.791. The first-order valence-corrected chi connectivity index (χ1v) is 40.2. The summed E-state index contributed by atoms with van der Waals surface area (Å²) in [6.45, 7) is 19.2. The molecule has 518 valence electrons. The molecule has 0 amide bonds. The Morgan fingerprint density at radius 2 is 0.506 bits per heavy atom. The second kappa shape index (κ2) is 70.3. The molecule has 3 rings (SSSR count). The number of allylic oxidation sites excluding steroid dienone is 2. The van der Waals surface area contributed by atoms with Crippen molar-refractivity contribution in [2.24, 2.45) is 0 Å². The third-order valence-electron chi connectivity index (χ3n) is 19.1. The van der Waals surface area contributed by atoms with Crippen molar-refractivity contribution in [1.82, 2.24) is 0 Å². The molecule has 0 aromatic heterocycles. The van der Waals surface area contributed by atoms with Gasteiger partial charge >= 0.3 is 16.5 Å². The zero-order chi connectivity index (χ0) is 63.5. The minimum atomic E-state index is 0. The van der Waals surface area contributed by atoms with Crippen molar-refractivity contribution in [3.8, 4) is 0 Å². The summed E-state index contributed by atoms with van der Waals surface area (Å²) in [5.74, 6) is 0. The van der Waals surface area contributed by atoms with Gasteiger partial charge in [-0.25, -0.2) is 4.70 Å². The Balaban J connectivity index is 0.00000141. The third-order valence-corrected chi connectivity index (χ3v) is 19.1. The minimum Gasteiger partial charge on any atom is -0.493 e. The zero-order valence-electron chi connectivity index (χ0n) is 60.9. The molecule has 2 nitrogen and oxygen atoms in total. The molecule has 1 aliphatic heterocycles. The summed E-state index contributed by atoms with van der Waals surface area (Å²) in [6, 6.07) is 17.9. The van der Waals surface area contributed by atoms with E-state index >= 15 is 0 Å². The second-order valence-corrected chi connectivity index (χ2v) is 27.8. The Hall–Kier alpha value is -1.99. The van der Waals surface area contributed by atoms with E-state index in [0.29, 0.717) is 0 Å². The molecule has 0 spiro atoms. The van der Waals surface area contributed by atoms with Crippen LogP contribution in [0, 0.1) is 13.8 Å². The van der Waals surface area contributed by atoms with E-state index in [-0.39, 0.29) is 16.5 Å². The molecule has 0 saturated carbocycles. The van der Waals surface area contributed by atoms with E-state index < -0.39 is 0 Å². The summed E-state index contributed by atoms with van der Waals surface area (Å²) in [7, 11) is 0. The van der Waals surface area contributed by atoms with Crippen LogP contribution in [0.4, 0.5) is 0 Å². The van der Waals surface area contributed by atoms with Crippen molar-refractivity contribution < 1.29 is 21.2 Å². The summed E-state index contributed by atoms with van der Waals surface area (Å²) in [4.78, 5) is 0. The first kappa shape index (κ1) is 87.0. The zero-order valence-corrected chi connectivity index (χ0v) is 61.9. The van der Waals surface area contributed by atoms with Crippen LogP contribution in [0.1, 0.15) is 449 Å². The van der Waals surface area contributed by atoms with Gasteiger partial charge in [-0.15, -0.1) is 0 Å². The molecular formula is C86H154N2Ni. The van der Waals surface area contributed by atoms with Crippen LogP contribution < -0.4 is 0 Å². The van der Waals surface area contributed by atoms with E-state index in [1.807, 2.05) is 0 Å². The number of unbranched alkanes of at least 4 members (excludes halogenated alkanes) is 55. The molecule has 0 saturated heterocycles. The van der Waals surface area contributed by atoms with Crippen LogP contribution in [0.5, 0.6) is 0 Å². The molecule has 2 aromatic rings. The van der Waals surface area contributed by atoms with Crippen LogP contribution in [-0.4, -0.2) is 4.70 Å². The van der Waals surface area contributed by atoms with E-state index in [1.165, 1.54) is 394 Å². The fourth-order valence-electron chi connectivity index (χ4n) is 13.2. The maximum absolute atomic E-state index is 11.7. The number of rotatable bonds is 63. The van der Waals surface area contributed by atoms with Gasteiger partial charge < -0.3 is 19.4 Å². The van der Waals surface area contributed by atoms with Crippen molar-refractivity contribution in [3.63, 3.8) is 0 Å². The van der Waals surface area contributed by atoms with Crippen LogP contribution in [0.3, 0.4) is 0 Å². The molecular weight excluding hydrogens is 1120 g/mol. The van der Waals surface area contributed by atoms with E-state index in [9.17, 15) is 5.53 Å². The van der Waals surface area contributed by atoms with Crippen LogP contribution in [0.25, 0.3) is 16.9 Å². The Bertz CT molecular complexity index is 1740. The van der Waals surface area contributed by atoms with Gasteiger partial charge in [0.15, 0.2) is 0 Å². The molecule has 0 fully saturated rings. The summed E-state index contributed by atoms with van der Waals surface area (Å²) in [5, 5.41) is 0. The summed E-state index contributed by atoms with van der Waals surface area (Å²) < 4.78 is 1.50. The summed E-state index contributed by atoms with van der Waals surface area (Å²) in [6.07, 6.45) is 89.6. The third kappa shape index (κ3) is 54.0. The Morgan fingerprint density at radius 1 is 0.281 bits per heavy atom. The SMILES string of the molecule is CCCCCCCCC1=C(c2cccc(CCCCCCCC)c2)[N+](=[N-])C(c2cccc(CCCCCCCC)c2)=C1.[CH2-]CCCCCCCCCCCCCCCCCCCCCC.[CH2-]CCCCCCCCCCCCCCCCCCCCCC.[Ni+2]. The van der Waals surface area contributed by atoms with Gasteiger partial charge in [0, 0.05) is 22.8 Å². The van der Waals surface area contributed by atoms with Gasteiger partial charge in [-0.2, -0.15) is 12.8 Å². The number of hydrogen-bond donors (Lipinski definition) is 0. The van der Waals surface area contributed by atoms with E-state index in [4.69, 9.17) is 0 Å². The van der Waals surface area contributed by atoms with Gasteiger partial charge in [-0.05, 0) is 73.9 Å². The molecule has 0 N–H and O–H groups in total. The molecule has 0 atom stereocenters. The maximum atomic E-state index is 11.7. The monoisotopic (exact) mass is 1270 g/mol. The summed E-state index contributed by atoms with van der Waals surface area (Å²) in [5.41, 5.74) is 19.9. The van der Waals surface area contributed by atoms with Crippen molar-refractivity contribution >= 4 is 11.4 Å². The largest absolute Gasteiger partial charge is 2.00 e. The number of aryl methyl sites for hydroxylation is 2. The first-order valence-electron chi connectivity index (χ1n) is 40.2. The standard InChI is InChI=1S/C40H60N2.2C23H47.Ni/c1-4-7-10-13-16-19-24-34-26-22-29-36(31-34)39-33-38(28-21-18-15-12-9-6-3)40(42(39)41)37-30-23-27-35(32-37)25-20-17-14-11-8-5-2;2*1-3-5-7-9-11-13-15-17-19-21-23-22-20-18-16-14-12-10-8-6-4-2;/h22-23,26-27,29-33H,4-21,24-25,28H2,1-3H3;2*1,3-23H2,2H3;/q;2*-1;+2. The quantitative estimate of drug-likeness (QED) is 0.0273. The number of hydrogen-bond acceptors (Lipinski definition) is 0. The van der Waals surface area contributed by atoms with Crippen molar-refractivity contribution in [3.05, 3.63) is 102 Å². The molecule has 0 aliphatic carbocycles. The molecule has 3 heteroatoms. The maximum Gasteiger partial charge on any atom is 2.00 e. The molecule has 1 heterocycles. The van der Waals surface area contributed by atoms with Crippen molar-refractivity contribution in [1.29, 1.82) is 0 Å². The van der Waals surface area contributed by atoms with Gasteiger partial charge in [-0.3, -0.25) is 0 Å². The van der Waals surface area contributed by atoms with E-state index in [1.54, 1.807) is 0 Å². The molecule has 89 heavy (non-hydrogen) atoms. The van der Waals surface area contributed by atoms with Gasteiger partial charge in [0.2, 0.25) is 11.4 Å². The number of benzene rings is 2. The van der Waals surface area contributed by atoms with Gasteiger partial charge in [0.05, 0.1) is 0 Å². The molecule has 0 unspecified atom stereocenters. The van der Waals surface area contributed by atoms with Crippen LogP contribution in [0.2, 0.25) is 0 Å². The Morgan fingerprint density at radius 3 is 0.775 bits per heavy atom. The Labute approximate surface area is 570 Å². The average molecular weight is 1270 g/mol. The smallest absolute Gasteiger partial charge is 0.493 e. The topological polar surface area (TPSA) is 25.3 Å². The fourth-order valence-corrected chi connectivity index (χ4v) is 13.2. The van der Waals surface area contributed by atoms with Gasteiger partial charge in [-0.1, -0.05) is 412 Å². The molecule has 0 radical (unpaired) electrons. The first-order chi connectivity index (χ1) is 43.5.